The molecule has 2 rings (SSSR count). The van der Waals surface area contributed by atoms with Gasteiger partial charge < -0.3 is 20.8 Å². The van der Waals surface area contributed by atoms with E-state index in [1.165, 1.54) is 18.4 Å². The topological polar surface area (TPSA) is 112 Å². The Bertz CT molecular complexity index is 530. The molecule has 0 saturated carbocycles. The lowest BCUT2D eigenvalue weighted by Gasteiger charge is -2.46. The van der Waals surface area contributed by atoms with E-state index in [-0.39, 0.29) is 11.1 Å². The molecule has 1 fully saturated rings. The lowest BCUT2D eigenvalue weighted by Crippen LogP contribution is -2.61. The molecule has 2 heterocycles. The van der Waals surface area contributed by atoms with Gasteiger partial charge in [-0.1, -0.05) is 0 Å². The van der Waals surface area contributed by atoms with Crippen LogP contribution in [-0.4, -0.2) is 44.3 Å². The van der Waals surface area contributed by atoms with Crippen molar-refractivity contribution in [2.45, 2.75) is 64.2 Å². The van der Waals surface area contributed by atoms with Gasteiger partial charge in [-0.05, 0) is 58.2 Å². The van der Waals surface area contributed by atoms with E-state index in [1.807, 2.05) is 12.4 Å². The standard InChI is InChI=1S/C15H25N3.C2H2O4/c1-14(2)9-13(10-15(3,4)18-14)17-11-12-5-7-16-8-6-12;3-1(4)2(5)6/h5-8,13,17-18H,9-11H2,1-4H3;(H,3,4)(H,5,6). The summed E-state index contributed by atoms with van der Waals surface area (Å²) in [6.07, 6.45) is 6.05. The number of rotatable bonds is 3. The zero-order chi connectivity index (χ0) is 18.4. The number of carboxylic acid groups (broad SMARTS) is 2. The molecular formula is C17H27N3O4. The predicted octanol–water partition coefficient (Wildman–Crippen LogP) is 1.64. The highest BCUT2D eigenvalue weighted by Crippen LogP contribution is 2.28. The molecule has 7 heteroatoms. The van der Waals surface area contributed by atoms with Gasteiger partial charge in [0, 0.05) is 36.1 Å². The molecule has 1 aromatic heterocycles. The third-order valence-corrected chi connectivity index (χ3v) is 3.72. The fourth-order valence-corrected chi connectivity index (χ4v) is 3.23. The first-order valence-corrected chi connectivity index (χ1v) is 7.89. The molecule has 7 nitrogen and oxygen atoms in total. The van der Waals surface area contributed by atoms with Crippen LogP contribution in [0.3, 0.4) is 0 Å². The zero-order valence-corrected chi connectivity index (χ0v) is 14.7. The van der Waals surface area contributed by atoms with Crippen LogP contribution < -0.4 is 10.6 Å². The summed E-state index contributed by atoms with van der Waals surface area (Å²) in [4.78, 5) is 22.2. The largest absolute Gasteiger partial charge is 0.473 e. The summed E-state index contributed by atoms with van der Waals surface area (Å²) in [7, 11) is 0. The molecule has 4 N–H and O–H groups in total. The summed E-state index contributed by atoms with van der Waals surface area (Å²) in [5, 5.41) is 22.2. The molecule has 0 aliphatic carbocycles. The molecular weight excluding hydrogens is 310 g/mol. The number of piperidine rings is 1. The molecule has 1 aromatic rings. The van der Waals surface area contributed by atoms with Crippen molar-refractivity contribution in [3.05, 3.63) is 30.1 Å². The molecule has 0 spiro atoms. The number of carbonyl (C=O) groups is 2. The normalized spacial score (nSPS) is 19.0. The second kappa shape index (κ2) is 8.21. The van der Waals surface area contributed by atoms with Crippen molar-refractivity contribution < 1.29 is 19.8 Å². The van der Waals surface area contributed by atoms with Crippen LogP contribution in [0.25, 0.3) is 0 Å². The maximum atomic E-state index is 9.10. The van der Waals surface area contributed by atoms with Crippen molar-refractivity contribution in [3.63, 3.8) is 0 Å². The molecule has 1 aliphatic rings. The smallest absolute Gasteiger partial charge is 0.414 e. The van der Waals surface area contributed by atoms with E-state index in [2.05, 4.69) is 55.4 Å². The fraction of sp³-hybridized carbons (Fsp3) is 0.588. The second-order valence-electron chi connectivity index (χ2n) is 7.34. The third kappa shape index (κ3) is 7.52. The second-order valence-corrected chi connectivity index (χ2v) is 7.34. The van der Waals surface area contributed by atoms with Crippen LogP contribution >= 0.6 is 0 Å². The average molecular weight is 337 g/mol. The lowest BCUT2D eigenvalue weighted by atomic mass is 9.79. The van der Waals surface area contributed by atoms with E-state index in [0.29, 0.717) is 6.04 Å². The van der Waals surface area contributed by atoms with Gasteiger partial charge in [0.25, 0.3) is 0 Å². The lowest BCUT2D eigenvalue weighted by molar-refractivity contribution is -0.159. The molecule has 1 aliphatic heterocycles. The molecule has 24 heavy (non-hydrogen) atoms. The first kappa shape index (κ1) is 20.1. The van der Waals surface area contributed by atoms with E-state index >= 15 is 0 Å². The van der Waals surface area contributed by atoms with E-state index in [4.69, 9.17) is 19.8 Å². The maximum Gasteiger partial charge on any atom is 0.414 e. The number of aromatic nitrogens is 1. The van der Waals surface area contributed by atoms with Gasteiger partial charge in [-0.15, -0.1) is 0 Å². The summed E-state index contributed by atoms with van der Waals surface area (Å²) >= 11 is 0. The first-order chi connectivity index (χ1) is 11.0. The molecule has 0 atom stereocenters. The van der Waals surface area contributed by atoms with Crippen LogP contribution in [0.4, 0.5) is 0 Å². The van der Waals surface area contributed by atoms with Crippen LogP contribution in [0.1, 0.15) is 46.1 Å². The Kier molecular flexibility index (Phi) is 6.86. The van der Waals surface area contributed by atoms with Crippen LogP contribution in [-0.2, 0) is 16.1 Å². The van der Waals surface area contributed by atoms with Gasteiger partial charge in [0.05, 0.1) is 0 Å². The summed E-state index contributed by atoms with van der Waals surface area (Å²) < 4.78 is 0. The van der Waals surface area contributed by atoms with E-state index in [0.717, 1.165) is 6.54 Å². The molecule has 0 amide bonds. The van der Waals surface area contributed by atoms with Gasteiger partial charge in [-0.2, -0.15) is 0 Å². The molecule has 0 unspecified atom stereocenters. The van der Waals surface area contributed by atoms with Crippen molar-refractivity contribution in [1.82, 2.24) is 15.6 Å². The highest BCUT2D eigenvalue weighted by atomic mass is 16.4. The minimum atomic E-state index is -1.82. The van der Waals surface area contributed by atoms with Crippen LogP contribution in [0.15, 0.2) is 24.5 Å². The molecule has 1 saturated heterocycles. The van der Waals surface area contributed by atoms with Crippen LogP contribution in [0, 0.1) is 0 Å². The Morgan fingerprint density at radius 3 is 2.00 bits per heavy atom. The molecule has 134 valence electrons. The predicted molar refractivity (Wildman–Crippen MR) is 90.7 cm³/mol. The quantitative estimate of drug-likeness (QED) is 0.620. The summed E-state index contributed by atoms with van der Waals surface area (Å²) in [5.41, 5.74) is 1.72. The minimum absolute atomic E-state index is 0.206. The van der Waals surface area contributed by atoms with Crippen LogP contribution in [0.5, 0.6) is 0 Å². The van der Waals surface area contributed by atoms with E-state index in [9.17, 15) is 0 Å². The van der Waals surface area contributed by atoms with Crippen molar-refractivity contribution in [2.24, 2.45) is 0 Å². The number of nitrogens with zero attached hydrogens (tertiary/aromatic N) is 1. The Morgan fingerprint density at radius 1 is 1.12 bits per heavy atom. The molecule has 0 radical (unpaired) electrons. The van der Waals surface area contributed by atoms with E-state index in [1.54, 1.807) is 0 Å². The van der Waals surface area contributed by atoms with Crippen molar-refractivity contribution in [3.8, 4) is 0 Å². The molecule has 0 bridgehead atoms. The fourth-order valence-electron chi connectivity index (χ4n) is 3.23. The summed E-state index contributed by atoms with van der Waals surface area (Å²) in [5.74, 6) is -3.65. The van der Waals surface area contributed by atoms with Crippen molar-refractivity contribution >= 4 is 11.9 Å². The Balaban J connectivity index is 0.000000413. The SMILES string of the molecule is CC1(C)CC(NCc2ccncc2)CC(C)(C)N1.O=C(O)C(=O)O. The van der Waals surface area contributed by atoms with Gasteiger partial charge in [0.15, 0.2) is 0 Å². The van der Waals surface area contributed by atoms with Crippen LogP contribution in [0.2, 0.25) is 0 Å². The van der Waals surface area contributed by atoms with Gasteiger partial charge in [-0.25, -0.2) is 9.59 Å². The number of pyridine rings is 1. The first-order valence-electron chi connectivity index (χ1n) is 7.89. The highest BCUT2D eigenvalue weighted by Gasteiger charge is 2.37. The van der Waals surface area contributed by atoms with Crippen molar-refractivity contribution in [1.29, 1.82) is 0 Å². The maximum absolute atomic E-state index is 9.10. The summed E-state index contributed by atoms with van der Waals surface area (Å²) in [6.45, 7) is 10.1. The van der Waals surface area contributed by atoms with Gasteiger partial charge in [0.1, 0.15) is 0 Å². The van der Waals surface area contributed by atoms with Crippen molar-refractivity contribution in [2.75, 3.05) is 0 Å². The van der Waals surface area contributed by atoms with Gasteiger partial charge in [-0.3, -0.25) is 4.98 Å². The Hall–Kier alpha value is -1.99. The number of hydrogen-bond acceptors (Lipinski definition) is 5. The Labute approximate surface area is 142 Å². The zero-order valence-electron chi connectivity index (χ0n) is 14.7. The molecule has 0 aromatic carbocycles. The highest BCUT2D eigenvalue weighted by molar-refractivity contribution is 6.27. The number of aliphatic carboxylic acids is 2. The summed E-state index contributed by atoms with van der Waals surface area (Å²) in [6, 6.07) is 4.72. The Morgan fingerprint density at radius 2 is 1.58 bits per heavy atom. The number of carboxylic acids is 2. The monoisotopic (exact) mass is 337 g/mol. The number of hydrogen-bond donors (Lipinski definition) is 4. The number of nitrogens with one attached hydrogen (secondary N) is 2. The average Bonchev–Trinajstić information content (AvgIpc) is 2.43. The third-order valence-electron chi connectivity index (χ3n) is 3.72. The van der Waals surface area contributed by atoms with E-state index < -0.39 is 11.9 Å². The van der Waals surface area contributed by atoms with Gasteiger partial charge >= 0.3 is 11.9 Å². The minimum Gasteiger partial charge on any atom is -0.473 e. The van der Waals surface area contributed by atoms with Gasteiger partial charge in [0.2, 0.25) is 0 Å².